The minimum Gasteiger partial charge on any atom is -0.298 e. The fourth-order valence-electron chi connectivity index (χ4n) is 3.76. The van der Waals surface area contributed by atoms with Gasteiger partial charge in [-0.1, -0.05) is 24.3 Å². The van der Waals surface area contributed by atoms with Crippen LogP contribution in [-0.4, -0.2) is 21.1 Å². The number of thiazole rings is 1. The molecule has 0 aliphatic heterocycles. The van der Waals surface area contributed by atoms with Crippen molar-refractivity contribution >= 4 is 33.3 Å². The highest BCUT2D eigenvalue weighted by Gasteiger charge is 2.17. The number of hydrogen-bond acceptors (Lipinski definition) is 4. The Balaban J connectivity index is 1.44. The Kier molecular flexibility index (Phi) is 3.79. The van der Waals surface area contributed by atoms with Crippen LogP contribution in [0.5, 0.6) is 0 Å². The van der Waals surface area contributed by atoms with Gasteiger partial charge in [0, 0.05) is 15.8 Å². The third kappa shape index (κ3) is 2.82. The second kappa shape index (κ2) is 6.32. The van der Waals surface area contributed by atoms with Gasteiger partial charge in [0.05, 0.1) is 23.0 Å². The highest BCUT2D eigenvalue weighted by atomic mass is 32.1. The Bertz CT molecular complexity index is 1170. The molecule has 1 aliphatic rings. The summed E-state index contributed by atoms with van der Waals surface area (Å²) in [5.74, 6) is -0.181. The Hall–Kier alpha value is -2.99. The van der Waals surface area contributed by atoms with E-state index in [2.05, 4.69) is 33.7 Å². The van der Waals surface area contributed by atoms with Crippen molar-refractivity contribution in [2.75, 3.05) is 5.32 Å². The predicted octanol–water partition coefficient (Wildman–Crippen LogP) is 4.74. The fraction of sp³-hybridized carbons (Fsp3) is 0.190. The number of para-hydroxylation sites is 1. The van der Waals surface area contributed by atoms with E-state index in [-0.39, 0.29) is 5.91 Å². The second-order valence-corrected chi connectivity index (χ2v) is 8.06. The number of nitrogens with one attached hydrogen (secondary N) is 2. The van der Waals surface area contributed by atoms with Gasteiger partial charge in [-0.15, -0.1) is 11.3 Å². The van der Waals surface area contributed by atoms with Crippen molar-refractivity contribution in [3.05, 3.63) is 64.2 Å². The van der Waals surface area contributed by atoms with Crippen LogP contribution in [0.25, 0.3) is 22.2 Å². The highest BCUT2D eigenvalue weighted by molar-refractivity contribution is 7.16. The van der Waals surface area contributed by atoms with Crippen molar-refractivity contribution in [1.82, 2.24) is 15.2 Å². The Labute approximate surface area is 160 Å². The van der Waals surface area contributed by atoms with Gasteiger partial charge in [0.25, 0.3) is 5.91 Å². The first-order valence-electron chi connectivity index (χ1n) is 9.02. The number of carbonyl (C=O) groups is 1. The lowest BCUT2D eigenvalue weighted by molar-refractivity contribution is 0.102. The van der Waals surface area contributed by atoms with Crippen LogP contribution >= 0.6 is 11.3 Å². The Morgan fingerprint density at radius 1 is 1.19 bits per heavy atom. The zero-order valence-corrected chi connectivity index (χ0v) is 15.7. The lowest BCUT2D eigenvalue weighted by Crippen LogP contribution is -2.12. The van der Waals surface area contributed by atoms with Crippen LogP contribution in [-0.2, 0) is 12.8 Å². The van der Waals surface area contributed by atoms with Gasteiger partial charge >= 0.3 is 0 Å². The predicted molar refractivity (Wildman–Crippen MR) is 108 cm³/mol. The molecule has 5 rings (SSSR count). The number of H-pyrrole nitrogens is 1. The molecular formula is C21H18N4OS. The largest absolute Gasteiger partial charge is 0.298 e. The molecule has 0 saturated carbocycles. The maximum atomic E-state index is 12.7. The van der Waals surface area contributed by atoms with E-state index in [9.17, 15) is 4.79 Å². The van der Waals surface area contributed by atoms with Crippen molar-refractivity contribution in [3.63, 3.8) is 0 Å². The highest BCUT2D eigenvalue weighted by Crippen LogP contribution is 2.33. The number of carbonyl (C=O) groups excluding carboxylic acids is 1. The summed E-state index contributed by atoms with van der Waals surface area (Å²) >= 11 is 1.50. The summed E-state index contributed by atoms with van der Waals surface area (Å²) in [7, 11) is 0. The van der Waals surface area contributed by atoms with Crippen molar-refractivity contribution in [2.45, 2.75) is 26.2 Å². The number of amides is 1. The van der Waals surface area contributed by atoms with Crippen molar-refractivity contribution in [2.24, 2.45) is 0 Å². The lowest BCUT2D eigenvalue weighted by atomic mass is 10.0. The molecule has 134 valence electrons. The third-order valence-corrected chi connectivity index (χ3v) is 6.00. The number of aromatic nitrogens is 3. The molecule has 0 radical (unpaired) electrons. The topological polar surface area (TPSA) is 70.7 Å². The molecule has 6 heteroatoms. The molecule has 27 heavy (non-hydrogen) atoms. The molecule has 0 unspecified atom stereocenters. The van der Waals surface area contributed by atoms with Crippen LogP contribution < -0.4 is 5.32 Å². The van der Waals surface area contributed by atoms with Crippen LogP contribution in [0.1, 0.15) is 32.8 Å². The van der Waals surface area contributed by atoms with E-state index in [1.165, 1.54) is 35.3 Å². The molecule has 0 spiro atoms. The van der Waals surface area contributed by atoms with Crippen molar-refractivity contribution in [3.8, 4) is 11.3 Å². The van der Waals surface area contributed by atoms with Gasteiger partial charge in [-0.05, 0) is 49.4 Å². The minimum absolute atomic E-state index is 0.181. The van der Waals surface area contributed by atoms with Gasteiger partial charge in [0.1, 0.15) is 0 Å². The molecule has 0 saturated heterocycles. The van der Waals surface area contributed by atoms with E-state index in [1.807, 2.05) is 19.1 Å². The minimum atomic E-state index is -0.181. The molecular weight excluding hydrogens is 356 g/mol. The number of benzene rings is 2. The van der Waals surface area contributed by atoms with Gasteiger partial charge in [-0.2, -0.15) is 5.10 Å². The van der Waals surface area contributed by atoms with Gasteiger partial charge in [-0.25, -0.2) is 4.98 Å². The Morgan fingerprint density at radius 2 is 2.07 bits per heavy atom. The number of anilines is 1. The maximum absolute atomic E-state index is 12.7. The number of hydrogen-bond donors (Lipinski definition) is 2. The smallest absolute Gasteiger partial charge is 0.259 e. The van der Waals surface area contributed by atoms with E-state index < -0.39 is 0 Å². The summed E-state index contributed by atoms with van der Waals surface area (Å²) in [6, 6.07) is 12.2. The number of aromatic amines is 1. The number of rotatable bonds is 3. The van der Waals surface area contributed by atoms with Crippen LogP contribution in [0.4, 0.5) is 5.13 Å². The van der Waals surface area contributed by atoms with Gasteiger partial charge in [0.15, 0.2) is 5.13 Å². The number of fused-ring (bicyclic) bond motifs is 2. The second-order valence-electron chi connectivity index (χ2n) is 6.85. The molecule has 2 heterocycles. The first-order valence-corrected chi connectivity index (χ1v) is 9.84. The molecule has 2 N–H and O–H groups in total. The number of aryl methyl sites for hydroxylation is 3. The fourth-order valence-corrected chi connectivity index (χ4v) is 4.59. The monoisotopic (exact) mass is 374 g/mol. The van der Waals surface area contributed by atoms with Crippen LogP contribution in [0.15, 0.2) is 42.6 Å². The number of nitrogens with zero attached hydrogens (tertiary/aromatic N) is 2. The first kappa shape index (κ1) is 16.2. The zero-order chi connectivity index (χ0) is 18.4. The summed E-state index contributed by atoms with van der Waals surface area (Å²) in [5, 5.41) is 11.4. The molecule has 2 aromatic carbocycles. The molecule has 2 aromatic heterocycles. The zero-order valence-electron chi connectivity index (χ0n) is 14.9. The maximum Gasteiger partial charge on any atom is 0.259 e. The van der Waals surface area contributed by atoms with Crippen LogP contribution in [0.2, 0.25) is 0 Å². The lowest BCUT2D eigenvalue weighted by Gasteiger charge is -2.04. The summed E-state index contributed by atoms with van der Waals surface area (Å²) in [4.78, 5) is 18.5. The van der Waals surface area contributed by atoms with Crippen molar-refractivity contribution < 1.29 is 4.79 Å². The normalized spacial score (nSPS) is 13.1. The Morgan fingerprint density at radius 3 is 3.00 bits per heavy atom. The van der Waals surface area contributed by atoms with E-state index in [1.54, 1.807) is 12.3 Å². The molecule has 1 amide bonds. The van der Waals surface area contributed by atoms with Crippen molar-refractivity contribution in [1.29, 1.82) is 0 Å². The first-order chi connectivity index (χ1) is 13.2. The average molecular weight is 374 g/mol. The summed E-state index contributed by atoms with van der Waals surface area (Å²) in [6.07, 6.45) is 5.26. The van der Waals surface area contributed by atoms with Gasteiger partial charge in [-0.3, -0.25) is 15.2 Å². The third-order valence-electron chi connectivity index (χ3n) is 5.11. The molecule has 0 fully saturated rings. The van der Waals surface area contributed by atoms with E-state index in [4.69, 9.17) is 4.98 Å². The summed E-state index contributed by atoms with van der Waals surface area (Å²) < 4.78 is 0. The molecule has 5 nitrogen and oxygen atoms in total. The van der Waals surface area contributed by atoms with Crippen LogP contribution in [0.3, 0.4) is 0 Å². The standard InChI is InChI=1S/C21H18N4OS/c1-12-18(15-9-8-13-4-2-5-14(13)10-15)23-21(27-12)24-20(26)17-7-3-6-16-11-22-25-19(16)17/h3,6-11H,2,4-5H2,1H3,(H,22,25)(H,23,24,26). The molecule has 0 atom stereocenters. The SMILES string of the molecule is Cc1sc(NC(=O)c2cccc3cn[nH]c23)nc1-c1ccc2c(c1)CCC2. The van der Waals surface area contributed by atoms with Gasteiger partial charge in [0.2, 0.25) is 0 Å². The quantitative estimate of drug-likeness (QED) is 0.544. The average Bonchev–Trinajstić information content (AvgIpc) is 3.39. The summed E-state index contributed by atoms with van der Waals surface area (Å²) in [5.41, 5.74) is 6.26. The van der Waals surface area contributed by atoms with Gasteiger partial charge < -0.3 is 0 Å². The molecule has 4 aromatic rings. The molecule has 1 aliphatic carbocycles. The van der Waals surface area contributed by atoms with Crippen LogP contribution in [0, 0.1) is 6.92 Å². The summed E-state index contributed by atoms with van der Waals surface area (Å²) in [6.45, 7) is 2.05. The molecule has 0 bridgehead atoms. The van der Waals surface area contributed by atoms with E-state index in [0.29, 0.717) is 10.7 Å². The van der Waals surface area contributed by atoms with E-state index >= 15 is 0 Å². The van der Waals surface area contributed by atoms with E-state index in [0.717, 1.165) is 33.5 Å².